The lowest BCUT2D eigenvalue weighted by molar-refractivity contribution is -0.131. The maximum Gasteiger partial charge on any atom is 0.328 e. The quantitative estimate of drug-likeness (QED) is 0.809. The van der Waals surface area contributed by atoms with Crippen LogP contribution >= 0.6 is 0 Å². The molecule has 1 aliphatic rings. The van der Waals surface area contributed by atoms with Crippen LogP contribution in [-0.4, -0.2) is 16.1 Å². The number of benzene rings is 1. The second-order valence-electron chi connectivity index (χ2n) is 4.96. The summed E-state index contributed by atoms with van der Waals surface area (Å²) in [7, 11) is 0. The maximum absolute atomic E-state index is 11.0. The molecule has 0 unspecified atom stereocenters. The zero-order valence-electron chi connectivity index (χ0n) is 10.2. The van der Waals surface area contributed by atoms with Crippen LogP contribution < -0.4 is 0 Å². The predicted molar refractivity (Wildman–Crippen MR) is 71.4 cm³/mol. The molecule has 1 aliphatic carbocycles. The van der Waals surface area contributed by atoms with Crippen molar-refractivity contribution >= 4 is 22.4 Å². The molecule has 0 radical (unpaired) electrons. The van der Waals surface area contributed by atoms with Gasteiger partial charge in [-0.1, -0.05) is 11.6 Å². The molecule has 3 rings (SSSR count). The van der Waals surface area contributed by atoms with Gasteiger partial charge in [0.25, 0.3) is 0 Å². The van der Waals surface area contributed by atoms with E-state index in [4.69, 9.17) is 5.11 Å². The van der Waals surface area contributed by atoms with Crippen molar-refractivity contribution in [3.63, 3.8) is 0 Å². The van der Waals surface area contributed by atoms with Crippen LogP contribution in [0, 0.1) is 12.8 Å². The fourth-order valence-electron chi connectivity index (χ4n) is 2.42. The Hall–Kier alpha value is -2.03. The van der Waals surface area contributed by atoms with Gasteiger partial charge in [-0.25, -0.2) is 4.79 Å². The van der Waals surface area contributed by atoms with E-state index in [-0.39, 0.29) is 0 Å². The first-order valence-corrected chi connectivity index (χ1v) is 6.18. The molecule has 1 aromatic carbocycles. The first-order valence-electron chi connectivity index (χ1n) is 6.18. The van der Waals surface area contributed by atoms with E-state index >= 15 is 0 Å². The van der Waals surface area contributed by atoms with Crippen molar-refractivity contribution in [2.75, 3.05) is 0 Å². The van der Waals surface area contributed by atoms with E-state index in [2.05, 4.69) is 17.1 Å². The molecular formula is C15H15NO2. The minimum Gasteiger partial charge on any atom is -0.478 e. The zero-order chi connectivity index (χ0) is 12.7. The molecule has 0 spiro atoms. The molecule has 2 aromatic rings. The molecule has 1 aromatic heterocycles. The van der Waals surface area contributed by atoms with E-state index in [1.54, 1.807) is 0 Å². The number of aliphatic carboxylic acids is 1. The van der Waals surface area contributed by atoms with Gasteiger partial charge in [-0.05, 0) is 43.4 Å². The number of carboxylic acid groups (broad SMARTS) is 1. The normalized spacial score (nSPS) is 16.2. The SMILES string of the molecule is Cc1ccc2[nH]cc(/C(=C/C(=O)O)C3CC3)c2c1. The number of hydrogen-bond donors (Lipinski definition) is 2. The molecule has 0 amide bonds. The van der Waals surface area contributed by atoms with Crippen molar-refractivity contribution in [2.45, 2.75) is 19.8 Å². The Bertz CT molecular complexity index is 648. The Labute approximate surface area is 105 Å². The van der Waals surface area contributed by atoms with Crippen LogP contribution in [0.1, 0.15) is 24.0 Å². The Morgan fingerprint density at radius 2 is 2.22 bits per heavy atom. The fraction of sp³-hybridized carbons (Fsp3) is 0.267. The van der Waals surface area contributed by atoms with Gasteiger partial charge in [0.05, 0.1) is 0 Å². The number of allylic oxidation sites excluding steroid dienone is 1. The number of rotatable bonds is 3. The van der Waals surface area contributed by atoms with E-state index in [1.165, 1.54) is 11.6 Å². The molecule has 0 bridgehead atoms. The lowest BCUT2D eigenvalue weighted by Crippen LogP contribution is -1.93. The van der Waals surface area contributed by atoms with Gasteiger partial charge in [0.15, 0.2) is 0 Å². The summed E-state index contributed by atoms with van der Waals surface area (Å²) in [5.74, 6) is -0.445. The van der Waals surface area contributed by atoms with Gasteiger partial charge in [-0.2, -0.15) is 0 Å². The highest BCUT2D eigenvalue weighted by Crippen LogP contribution is 2.43. The summed E-state index contributed by atoms with van der Waals surface area (Å²) < 4.78 is 0. The number of aryl methyl sites for hydroxylation is 1. The Morgan fingerprint density at radius 1 is 1.44 bits per heavy atom. The second-order valence-corrected chi connectivity index (χ2v) is 4.96. The molecule has 1 saturated carbocycles. The molecule has 0 aliphatic heterocycles. The van der Waals surface area contributed by atoms with Gasteiger partial charge in [0.2, 0.25) is 0 Å². The molecule has 0 saturated heterocycles. The Kier molecular flexibility index (Phi) is 2.47. The van der Waals surface area contributed by atoms with E-state index in [0.717, 1.165) is 34.9 Å². The molecule has 3 nitrogen and oxygen atoms in total. The summed E-state index contributed by atoms with van der Waals surface area (Å²) >= 11 is 0. The van der Waals surface area contributed by atoms with Gasteiger partial charge in [-0.3, -0.25) is 0 Å². The van der Waals surface area contributed by atoms with Gasteiger partial charge in [0, 0.05) is 28.7 Å². The number of aromatic amines is 1. The van der Waals surface area contributed by atoms with E-state index in [9.17, 15) is 4.79 Å². The number of hydrogen-bond acceptors (Lipinski definition) is 1. The summed E-state index contributed by atoms with van der Waals surface area (Å²) in [4.78, 5) is 14.2. The van der Waals surface area contributed by atoms with E-state index in [1.807, 2.05) is 19.2 Å². The third-order valence-corrected chi connectivity index (χ3v) is 3.44. The number of fused-ring (bicyclic) bond motifs is 1. The van der Waals surface area contributed by atoms with Crippen molar-refractivity contribution in [2.24, 2.45) is 5.92 Å². The van der Waals surface area contributed by atoms with Gasteiger partial charge < -0.3 is 10.1 Å². The van der Waals surface area contributed by atoms with Crippen LogP contribution in [0.15, 0.2) is 30.5 Å². The highest BCUT2D eigenvalue weighted by Gasteiger charge is 2.28. The Balaban J connectivity index is 2.17. The summed E-state index contributed by atoms with van der Waals surface area (Å²) in [5.41, 5.74) is 4.25. The molecular weight excluding hydrogens is 226 g/mol. The van der Waals surface area contributed by atoms with Gasteiger partial charge in [-0.15, -0.1) is 0 Å². The second kappa shape index (κ2) is 4.02. The number of aromatic nitrogens is 1. The first kappa shape index (κ1) is 11.1. The highest BCUT2D eigenvalue weighted by molar-refractivity contribution is 5.99. The van der Waals surface area contributed by atoms with Gasteiger partial charge in [0.1, 0.15) is 0 Å². The zero-order valence-corrected chi connectivity index (χ0v) is 10.2. The largest absolute Gasteiger partial charge is 0.478 e. The van der Waals surface area contributed by atoms with Crippen molar-refractivity contribution in [1.82, 2.24) is 4.98 Å². The topological polar surface area (TPSA) is 53.1 Å². The summed E-state index contributed by atoms with van der Waals surface area (Å²) in [6.07, 6.45) is 5.48. The average molecular weight is 241 g/mol. The monoisotopic (exact) mass is 241 g/mol. The average Bonchev–Trinajstić information content (AvgIpc) is 3.07. The van der Waals surface area contributed by atoms with E-state index in [0.29, 0.717) is 5.92 Å². The minimum absolute atomic E-state index is 0.417. The highest BCUT2D eigenvalue weighted by atomic mass is 16.4. The van der Waals surface area contributed by atoms with Crippen molar-refractivity contribution < 1.29 is 9.90 Å². The number of carboxylic acids is 1. The smallest absolute Gasteiger partial charge is 0.328 e. The van der Waals surface area contributed by atoms with Crippen molar-refractivity contribution in [3.8, 4) is 0 Å². The molecule has 3 heteroatoms. The third-order valence-electron chi connectivity index (χ3n) is 3.44. The summed E-state index contributed by atoms with van der Waals surface area (Å²) in [6, 6.07) is 6.21. The first-order chi connectivity index (χ1) is 8.65. The molecule has 18 heavy (non-hydrogen) atoms. The molecule has 92 valence electrons. The van der Waals surface area contributed by atoms with E-state index < -0.39 is 5.97 Å². The predicted octanol–water partition coefficient (Wildman–Crippen LogP) is 3.35. The minimum atomic E-state index is -0.862. The molecule has 2 N–H and O–H groups in total. The number of carbonyl (C=O) groups is 1. The standard InChI is InChI=1S/C15H15NO2/c1-9-2-5-14-12(6-9)13(8-16-14)11(7-15(17)18)10-3-4-10/h2,5-8,10,16H,3-4H2,1H3,(H,17,18)/b11-7+. The van der Waals surface area contributed by atoms with Crippen molar-refractivity contribution in [1.29, 1.82) is 0 Å². The van der Waals surface area contributed by atoms with Crippen LogP contribution in [0.3, 0.4) is 0 Å². The molecule has 0 atom stereocenters. The fourth-order valence-corrected chi connectivity index (χ4v) is 2.42. The number of nitrogens with one attached hydrogen (secondary N) is 1. The third kappa shape index (κ3) is 1.92. The number of H-pyrrole nitrogens is 1. The molecule has 1 fully saturated rings. The van der Waals surface area contributed by atoms with Crippen molar-refractivity contribution in [3.05, 3.63) is 41.6 Å². The van der Waals surface area contributed by atoms with Crippen LogP contribution in [0.5, 0.6) is 0 Å². The van der Waals surface area contributed by atoms with Gasteiger partial charge >= 0.3 is 5.97 Å². The summed E-state index contributed by atoms with van der Waals surface area (Å²) in [5, 5.41) is 10.1. The Morgan fingerprint density at radius 3 is 2.89 bits per heavy atom. The maximum atomic E-state index is 11.0. The van der Waals surface area contributed by atoms with Crippen LogP contribution in [0.4, 0.5) is 0 Å². The van der Waals surface area contributed by atoms with Crippen LogP contribution in [0.25, 0.3) is 16.5 Å². The lowest BCUT2D eigenvalue weighted by Gasteiger charge is -2.04. The summed E-state index contributed by atoms with van der Waals surface area (Å²) in [6.45, 7) is 2.05. The van der Waals surface area contributed by atoms with Crippen LogP contribution in [0.2, 0.25) is 0 Å². The molecule has 1 heterocycles. The lowest BCUT2D eigenvalue weighted by atomic mass is 9.99. The van der Waals surface area contributed by atoms with Crippen LogP contribution in [-0.2, 0) is 4.79 Å².